The number of aliphatic imine (C=N–C) groups is 1. The molecule has 0 saturated heterocycles. The Morgan fingerprint density at radius 3 is 2.71 bits per heavy atom. The van der Waals surface area contributed by atoms with Gasteiger partial charge in [0.25, 0.3) is 5.91 Å². The average molecular weight is 405 g/mol. The number of hydrogen-bond acceptors (Lipinski definition) is 4. The first-order valence-electron chi connectivity index (χ1n) is 8.10. The summed E-state index contributed by atoms with van der Waals surface area (Å²) in [4.78, 5) is 20.8. The summed E-state index contributed by atoms with van der Waals surface area (Å²) in [6, 6.07) is 7.37. The van der Waals surface area contributed by atoms with Crippen LogP contribution in [0.5, 0.6) is 0 Å². The van der Waals surface area contributed by atoms with E-state index in [-0.39, 0.29) is 23.3 Å². The normalized spacial score (nSPS) is 13.2. The molecule has 0 bridgehead atoms. The van der Waals surface area contributed by atoms with Crippen LogP contribution in [-0.4, -0.2) is 16.6 Å². The van der Waals surface area contributed by atoms with Crippen LogP contribution < -0.4 is 5.32 Å². The maximum absolute atomic E-state index is 13.4. The molecule has 1 aromatic heterocycles. The Morgan fingerprint density at radius 2 is 2.00 bits per heavy atom. The lowest BCUT2D eigenvalue weighted by atomic mass is 9.98. The zero-order chi connectivity index (χ0) is 19.9. The molecule has 0 aliphatic carbocycles. The maximum Gasteiger partial charge on any atom is 0.417 e. The second kappa shape index (κ2) is 6.83. The molecule has 0 radical (unpaired) electrons. The lowest BCUT2D eigenvalue weighted by molar-refractivity contribution is -0.137. The van der Waals surface area contributed by atoms with Crippen molar-refractivity contribution in [2.24, 2.45) is 4.99 Å². The summed E-state index contributed by atoms with van der Waals surface area (Å²) in [6.07, 6.45) is -3.07. The van der Waals surface area contributed by atoms with Gasteiger partial charge in [-0.15, -0.1) is 11.3 Å². The highest BCUT2D eigenvalue weighted by molar-refractivity contribution is 7.13. The van der Waals surface area contributed by atoms with E-state index in [0.717, 1.165) is 12.1 Å². The number of para-hydroxylation sites is 1. The highest BCUT2D eigenvalue weighted by Gasteiger charge is 2.36. The molecular formula is C19H11F4N3OS. The molecule has 1 aliphatic rings. The highest BCUT2D eigenvalue weighted by Crippen LogP contribution is 2.38. The van der Waals surface area contributed by atoms with Crippen molar-refractivity contribution < 1.29 is 22.4 Å². The zero-order valence-corrected chi connectivity index (χ0v) is 14.9. The van der Waals surface area contributed by atoms with Crippen LogP contribution in [0.1, 0.15) is 27.0 Å². The Bertz CT molecular complexity index is 1090. The standard InChI is InChI=1S/C19H11F4N3OS/c20-11-4-5-12(14(9-11)19(21,22)23)15-8-10-2-1-3-13(16(10)25-15)17(27)26-18-24-6-7-28-18/h1-7,9H,8H2,(H,24,26,27). The first-order valence-corrected chi connectivity index (χ1v) is 8.98. The molecule has 1 amide bonds. The van der Waals surface area contributed by atoms with Crippen molar-refractivity contribution in [3.63, 3.8) is 0 Å². The first kappa shape index (κ1) is 18.3. The van der Waals surface area contributed by atoms with Gasteiger partial charge in [-0.1, -0.05) is 12.1 Å². The number of rotatable bonds is 3. The number of thiazole rings is 1. The molecule has 2 heterocycles. The Morgan fingerprint density at radius 1 is 1.18 bits per heavy atom. The molecule has 0 fully saturated rings. The van der Waals surface area contributed by atoms with Crippen molar-refractivity contribution in [1.82, 2.24) is 4.98 Å². The third-order valence-electron chi connectivity index (χ3n) is 4.22. The third-order valence-corrected chi connectivity index (χ3v) is 4.91. The Balaban J connectivity index is 1.74. The average Bonchev–Trinajstić information content (AvgIpc) is 3.29. The number of fused-ring (bicyclic) bond motifs is 1. The summed E-state index contributed by atoms with van der Waals surface area (Å²) >= 11 is 1.24. The van der Waals surface area contributed by atoms with E-state index in [1.165, 1.54) is 11.3 Å². The summed E-state index contributed by atoms with van der Waals surface area (Å²) in [5.74, 6) is -1.43. The van der Waals surface area contributed by atoms with E-state index in [9.17, 15) is 22.4 Å². The van der Waals surface area contributed by atoms with Gasteiger partial charge < -0.3 is 0 Å². The van der Waals surface area contributed by atoms with Crippen molar-refractivity contribution in [2.45, 2.75) is 12.6 Å². The number of benzene rings is 2. The summed E-state index contributed by atoms with van der Waals surface area (Å²) in [6.45, 7) is 0. The van der Waals surface area contributed by atoms with Gasteiger partial charge in [0.15, 0.2) is 5.13 Å². The molecule has 4 nitrogen and oxygen atoms in total. The fraction of sp³-hybridized carbons (Fsp3) is 0.105. The second-order valence-corrected chi connectivity index (χ2v) is 6.92. The molecule has 0 atom stereocenters. The fourth-order valence-corrected chi connectivity index (χ4v) is 3.54. The first-order chi connectivity index (χ1) is 13.3. The quantitative estimate of drug-likeness (QED) is 0.607. The number of hydrogen-bond donors (Lipinski definition) is 1. The minimum absolute atomic E-state index is 0.114. The predicted octanol–water partition coefficient (Wildman–Crippen LogP) is 5.23. The minimum Gasteiger partial charge on any atom is -0.298 e. The Kier molecular flexibility index (Phi) is 4.46. The summed E-state index contributed by atoms with van der Waals surface area (Å²) in [5.41, 5.74) is 0.0164. The summed E-state index contributed by atoms with van der Waals surface area (Å²) < 4.78 is 53.4. The molecule has 9 heteroatoms. The number of carbonyl (C=O) groups is 1. The molecule has 4 rings (SSSR count). The van der Waals surface area contributed by atoms with Gasteiger partial charge in [-0.3, -0.25) is 15.1 Å². The second-order valence-electron chi connectivity index (χ2n) is 6.03. The fourth-order valence-electron chi connectivity index (χ4n) is 3.01. The van der Waals surface area contributed by atoms with Crippen LogP contribution in [-0.2, 0) is 12.6 Å². The van der Waals surface area contributed by atoms with E-state index in [0.29, 0.717) is 22.4 Å². The van der Waals surface area contributed by atoms with E-state index < -0.39 is 23.5 Å². The van der Waals surface area contributed by atoms with Gasteiger partial charge in [-0.25, -0.2) is 9.37 Å². The Hall–Kier alpha value is -3.07. The largest absolute Gasteiger partial charge is 0.417 e. The molecule has 142 valence electrons. The summed E-state index contributed by atoms with van der Waals surface area (Å²) in [5, 5.41) is 4.74. The molecular weight excluding hydrogens is 394 g/mol. The van der Waals surface area contributed by atoms with Crippen molar-refractivity contribution in [2.75, 3.05) is 5.32 Å². The number of aromatic nitrogens is 1. The van der Waals surface area contributed by atoms with Crippen LogP contribution in [0.4, 0.5) is 28.4 Å². The number of anilines is 1. The van der Waals surface area contributed by atoms with E-state index in [1.807, 2.05) is 0 Å². The predicted molar refractivity (Wildman–Crippen MR) is 97.8 cm³/mol. The van der Waals surface area contributed by atoms with Crippen LogP contribution in [0.2, 0.25) is 0 Å². The van der Waals surface area contributed by atoms with E-state index in [4.69, 9.17) is 0 Å². The van der Waals surface area contributed by atoms with Crippen LogP contribution >= 0.6 is 11.3 Å². The van der Waals surface area contributed by atoms with Crippen LogP contribution in [0.3, 0.4) is 0 Å². The van der Waals surface area contributed by atoms with Gasteiger partial charge >= 0.3 is 6.18 Å². The number of carbonyl (C=O) groups excluding carboxylic acids is 1. The number of amides is 1. The van der Waals surface area contributed by atoms with Crippen molar-refractivity contribution in [3.05, 3.63) is 76.0 Å². The monoisotopic (exact) mass is 405 g/mol. The van der Waals surface area contributed by atoms with Gasteiger partial charge in [0.1, 0.15) is 5.82 Å². The van der Waals surface area contributed by atoms with Crippen LogP contribution in [0, 0.1) is 5.82 Å². The lowest BCUT2D eigenvalue weighted by Gasteiger charge is -2.12. The minimum atomic E-state index is -4.72. The lowest BCUT2D eigenvalue weighted by Crippen LogP contribution is -2.14. The molecule has 3 aromatic rings. The molecule has 0 spiro atoms. The van der Waals surface area contributed by atoms with Gasteiger partial charge in [0.2, 0.25) is 0 Å². The highest BCUT2D eigenvalue weighted by atomic mass is 32.1. The molecule has 1 N–H and O–H groups in total. The van der Waals surface area contributed by atoms with Crippen molar-refractivity contribution >= 4 is 33.8 Å². The Labute approximate surface area is 160 Å². The van der Waals surface area contributed by atoms with Gasteiger partial charge in [0, 0.05) is 23.6 Å². The van der Waals surface area contributed by atoms with E-state index in [2.05, 4.69) is 15.3 Å². The topological polar surface area (TPSA) is 54.4 Å². The van der Waals surface area contributed by atoms with Crippen molar-refractivity contribution in [1.29, 1.82) is 0 Å². The molecule has 2 aromatic carbocycles. The van der Waals surface area contributed by atoms with Gasteiger partial charge in [-0.05, 0) is 29.8 Å². The number of alkyl halides is 3. The molecule has 1 aliphatic heterocycles. The van der Waals surface area contributed by atoms with Gasteiger partial charge in [0.05, 0.1) is 22.5 Å². The molecule has 28 heavy (non-hydrogen) atoms. The maximum atomic E-state index is 13.4. The van der Waals surface area contributed by atoms with E-state index in [1.54, 1.807) is 29.8 Å². The number of nitrogens with zero attached hydrogens (tertiary/aromatic N) is 2. The van der Waals surface area contributed by atoms with Crippen molar-refractivity contribution in [3.8, 4) is 0 Å². The van der Waals surface area contributed by atoms with E-state index >= 15 is 0 Å². The third kappa shape index (κ3) is 3.40. The molecule has 0 unspecified atom stereocenters. The number of halogens is 4. The summed E-state index contributed by atoms with van der Waals surface area (Å²) in [7, 11) is 0. The van der Waals surface area contributed by atoms with Crippen LogP contribution in [0.25, 0.3) is 0 Å². The zero-order valence-electron chi connectivity index (χ0n) is 14.0. The molecule has 0 saturated carbocycles. The number of nitrogens with one attached hydrogen (secondary N) is 1. The van der Waals surface area contributed by atoms with Crippen LogP contribution in [0.15, 0.2) is 53.0 Å². The SMILES string of the molecule is O=C(Nc1nccs1)c1cccc2c1N=C(c1ccc(F)cc1C(F)(F)F)C2. The smallest absolute Gasteiger partial charge is 0.298 e. The van der Waals surface area contributed by atoms with Gasteiger partial charge in [-0.2, -0.15) is 13.2 Å².